The van der Waals surface area contributed by atoms with Crippen molar-refractivity contribution in [1.29, 1.82) is 0 Å². The molecule has 2 aliphatic carbocycles. The minimum atomic E-state index is -5.65. The highest BCUT2D eigenvalue weighted by molar-refractivity contribution is 7.92. The van der Waals surface area contributed by atoms with E-state index in [1.165, 1.54) is 13.2 Å². The van der Waals surface area contributed by atoms with Crippen molar-refractivity contribution in [2.75, 3.05) is 12.4 Å². The fraction of sp³-hybridized carbons (Fsp3) is 0.324. The van der Waals surface area contributed by atoms with Gasteiger partial charge < -0.3 is 25.2 Å². The van der Waals surface area contributed by atoms with Crippen LogP contribution < -0.4 is 20.1 Å². The molecule has 49 heavy (non-hydrogen) atoms. The smallest absolute Gasteiger partial charge is 0.496 e. The summed E-state index contributed by atoms with van der Waals surface area (Å²) in [6, 6.07) is 11.8. The molecule has 0 unspecified atom stereocenters. The highest BCUT2D eigenvalue weighted by atomic mass is 32.2. The van der Waals surface area contributed by atoms with Gasteiger partial charge in [-0.3, -0.25) is 14.4 Å². The molecule has 2 bridgehead atoms. The quantitative estimate of drug-likeness (QED) is 0.172. The zero-order valence-electron chi connectivity index (χ0n) is 26.4. The number of carbonyl (C=O) groups excluding carboxylic acids is 2. The van der Waals surface area contributed by atoms with Crippen LogP contribution in [0.5, 0.6) is 11.5 Å². The Labute approximate surface area is 279 Å². The number of nitrogens with one attached hydrogen (secondary N) is 2. The largest absolute Gasteiger partial charge is 0.501 e. The van der Waals surface area contributed by atoms with E-state index in [0.717, 1.165) is 24.3 Å². The fourth-order valence-corrected chi connectivity index (χ4v) is 6.84. The molecule has 3 aromatic carbocycles. The van der Waals surface area contributed by atoms with E-state index in [2.05, 4.69) is 10.6 Å². The number of allylic oxidation sites excluding steroid dienone is 1. The molecule has 1 fully saturated rings. The lowest BCUT2D eigenvalue weighted by Gasteiger charge is -2.28. The number of carbonyl (C=O) groups is 3. The number of rotatable bonds is 11. The molecule has 0 spiro atoms. The van der Waals surface area contributed by atoms with Gasteiger partial charge in [-0.2, -0.15) is 13.2 Å². The van der Waals surface area contributed by atoms with Gasteiger partial charge in [-0.25, -0.2) is 12.8 Å². The minimum absolute atomic E-state index is 0.101. The molecule has 260 valence electrons. The molecule has 0 heterocycles. The third-order valence-electron chi connectivity index (χ3n) is 8.85. The number of carboxylic acids is 1. The van der Waals surface area contributed by atoms with Crippen LogP contribution in [0.3, 0.4) is 0 Å². The molecule has 0 radical (unpaired) electrons. The monoisotopic (exact) mass is 704 g/mol. The van der Waals surface area contributed by atoms with Gasteiger partial charge >= 0.3 is 11.5 Å². The van der Waals surface area contributed by atoms with Gasteiger partial charge in [0.05, 0.1) is 28.9 Å². The Morgan fingerprint density at radius 2 is 1.65 bits per heavy atom. The van der Waals surface area contributed by atoms with Crippen LogP contribution in [0.1, 0.15) is 41.8 Å². The Bertz CT molecular complexity index is 1940. The number of anilines is 1. The topological polar surface area (TPSA) is 148 Å². The van der Waals surface area contributed by atoms with Crippen molar-refractivity contribution in [3.63, 3.8) is 0 Å². The summed E-state index contributed by atoms with van der Waals surface area (Å²) in [5.74, 6) is -5.09. The van der Waals surface area contributed by atoms with Crippen LogP contribution in [0.15, 0.2) is 77.7 Å². The molecule has 1 saturated carbocycles. The molecule has 3 aromatic rings. The van der Waals surface area contributed by atoms with E-state index in [-0.39, 0.29) is 41.2 Å². The molecular weight excluding hydrogens is 672 g/mol. The van der Waals surface area contributed by atoms with Crippen molar-refractivity contribution in [1.82, 2.24) is 5.32 Å². The lowest BCUT2D eigenvalue weighted by Crippen LogP contribution is -2.47. The predicted molar refractivity (Wildman–Crippen MR) is 168 cm³/mol. The van der Waals surface area contributed by atoms with Crippen molar-refractivity contribution >= 4 is 33.3 Å². The number of carboxylic acid groups (broad SMARTS) is 1. The normalized spacial score (nSPS) is 20.1. The first-order valence-electron chi connectivity index (χ1n) is 15.0. The molecule has 4 atom stereocenters. The molecule has 0 aromatic heterocycles. The van der Waals surface area contributed by atoms with E-state index >= 15 is 4.39 Å². The van der Waals surface area contributed by atoms with Gasteiger partial charge in [0.2, 0.25) is 5.91 Å². The first kappa shape index (κ1) is 35.4. The van der Waals surface area contributed by atoms with Crippen molar-refractivity contribution in [3.05, 3.63) is 95.3 Å². The maximum atomic E-state index is 15.1. The van der Waals surface area contributed by atoms with Crippen LogP contribution in [0.4, 0.5) is 23.2 Å². The SMILES string of the molecule is COc1cc(F)c(OCc2cccc(C(C)(C)C(=O)O)c2)cc1C(=O)N[C@H]1[C@@H](C(=O)Nc2cccc(S(=O)(=O)C(F)(F)F)c2)[C@@H]2C=C[C@H]1C2. The van der Waals surface area contributed by atoms with E-state index in [0.29, 0.717) is 23.6 Å². The van der Waals surface area contributed by atoms with Crippen molar-refractivity contribution in [3.8, 4) is 11.5 Å². The van der Waals surface area contributed by atoms with Gasteiger partial charge in [0.15, 0.2) is 11.6 Å². The van der Waals surface area contributed by atoms with E-state index < -0.39 is 61.2 Å². The molecule has 2 amide bonds. The third kappa shape index (κ3) is 6.98. The summed E-state index contributed by atoms with van der Waals surface area (Å²) in [7, 11) is -4.41. The van der Waals surface area contributed by atoms with Crippen LogP contribution in [0.2, 0.25) is 0 Å². The zero-order chi connectivity index (χ0) is 35.9. The van der Waals surface area contributed by atoms with E-state index in [1.54, 1.807) is 44.2 Å². The van der Waals surface area contributed by atoms with Crippen LogP contribution in [0, 0.1) is 23.6 Å². The lowest BCUT2D eigenvalue weighted by molar-refractivity contribution is -0.142. The molecule has 3 N–H and O–H groups in total. The lowest BCUT2D eigenvalue weighted by atomic mass is 9.84. The molecule has 15 heteroatoms. The van der Waals surface area contributed by atoms with E-state index in [9.17, 15) is 41.1 Å². The summed E-state index contributed by atoms with van der Waals surface area (Å²) in [6.07, 6.45) is 4.14. The Hall–Kier alpha value is -4.92. The minimum Gasteiger partial charge on any atom is -0.496 e. The Balaban J connectivity index is 1.34. The second kappa shape index (κ2) is 13.2. The molecule has 2 aliphatic rings. The van der Waals surface area contributed by atoms with E-state index in [4.69, 9.17) is 9.47 Å². The first-order valence-corrected chi connectivity index (χ1v) is 16.5. The highest BCUT2D eigenvalue weighted by Crippen LogP contribution is 2.45. The summed E-state index contributed by atoms with van der Waals surface area (Å²) in [6.45, 7) is 2.94. The number of hydrogen-bond acceptors (Lipinski definition) is 7. The van der Waals surface area contributed by atoms with Crippen LogP contribution in [0.25, 0.3) is 0 Å². The summed E-state index contributed by atoms with van der Waals surface area (Å²) in [4.78, 5) is 37.8. The number of amides is 2. The summed E-state index contributed by atoms with van der Waals surface area (Å²) < 4.78 is 89.0. The Kier molecular flexibility index (Phi) is 9.52. The van der Waals surface area contributed by atoms with Crippen LogP contribution >= 0.6 is 0 Å². The number of ether oxygens (including phenoxy) is 2. The average molecular weight is 705 g/mol. The average Bonchev–Trinajstić information content (AvgIpc) is 3.66. The van der Waals surface area contributed by atoms with Gasteiger partial charge in [-0.15, -0.1) is 0 Å². The molecule has 10 nitrogen and oxygen atoms in total. The molecule has 0 saturated heterocycles. The number of benzene rings is 3. The molecule has 5 rings (SSSR count). The van der Waals surface area contributed by atoms with Crippen LogP contribution in [-0.4, -0.2) is 50.0 Å². The number of halogens is 4. The van der Waals surface area contributed by atoms with Crippen LogP contribution in [-0.2, 0) is 31.4 Å². The third-order valence-corrected chi connectivity index (χ3v) is 10.3. The van der Waals surface area contributed by atoms with Crippen molar-refractivity contribution in [2.45, 2.75) is 48.7 Å². The predicted octanol–water partition coefficient (Wildman–Crippen LogP) is 5.63. The van der Waals surface area contributed by atoms with Gasteiger partial charge in [0.25, 0.3) is 15.7 Å². The maximum absolute atomic E-state index is 15.1. The summed E-state index contributed by atoms with van der Waals surface area (Å²) >= 11 is 0. The summed E-state index contributed by atoms with van der Waals surface area (Å²) in [5, 5.41) is 14.9. The summed E-state index contributed by atoms with van der Waals surface area (Å²) in [5.41, 5.74) is -5.93. The van der Waals surface area contributed by atoms with Gasteiger partial charge in [0.1, 0.15) is 12.4 Å². The Morgan fingerprint density at radius 3 is 2.33 bits per heavy atom. The number of sulfone groups is 1. The second-order valence-electron chi connectivity index (χ2n) is 12.3. The maximum Gasteiger partial charge on any atom is 0.501 e. The van der Waals surface area contributed by atoms with Crippen molar-refractivity contribution in [2.24, 2.45) is 17.8 Å². The number of hydrogen-bond donors (Lipinski definition) is 3. The van der Waals surface area contributed by atoms with Gasteiger partial charge in [-0.1, -0.05) is 42.5 Å². The van der Waals surface area contributed by atoms with Gasteiger partial charge in [-0.05, 0) is 67.5 Å². The van der Waals surface area contributed by atoms with Gasteiger partial charge in [0, 0.05) is 17.8 Å². The van der Waals surface area contributed by atoms with E-state index in [1.807, 2.05) is 6.08 Å². The Morgan fingerprint density at radius 1 is 0.959 bits per heavy atom. The first-order chi connectivity index (χ1) is 22.9. The standard InChI is InChI=1S/C34H32F4N2O8S/c1-33(2,32(43)44)21-7-4-6-18(12-21)17-48-27-15-24(26(47-3)16-25(27)35)30(41)40-29-20-11-10-19(13-20)28(29)31(42)39-22-8-5-9-23(14-22)49(45,46)34(36,37)38/h4-12,14-16,19-20,28-29H,13,17H2,1-3H3,(H,39,42)(H,40,41)(H,43,44)/t19-,20+,28+,29-/m1/s1. The number of fused-ring (bicyclic) bond motifs is 2. The molecule has 0 aliphatic heterocycles. The van der Waals surface area contributed by atoms with Crippen molar-refractivity contribution < 1.29 is 54.9 Å². The highest BCUT2D eigenvalue weighted by Gasteiger charge is 2.50. The number of methoxy groups -OCH3 is 1. The number of aliphatic carboxylic acids is 1. The zero-order valence-corrected chi connectivity index (χ0v) is 27.2. The number of alkyl halides is 3. The molecular formula is C34H32F4N2O8S. The fourth-order valence-electron chi connectivity index (χ4n) is 6.03. The second-order valence-corrected chi connectivity index (χ2v) is 14.3.